The monoisotopic (exact) mass is 173 g/mol. The summed E-state index contributed by atoms with van der Waals surface area (Å²) in [6.45, 7) is 3.20. The van der Waals surface area contributed by atoms with Crippen LogP contribution in [0.1, 0.15) is 12.8 Å². The van der Waals surface area contributed by atoms with Gasteiger partial charge in [-0.2, -0.15) is 11.8 Å². The zero-order valence-electron chi connectivity index (χ0n) is 6.71. The van der Waals surface area contributed by atoms with Gasteiger partial charge in [0.1, 0.15) is 0 Å². The van der Waals surface area contributed by atoms with Crippen molar-refractivity contribution in [2.24, 2.45) is 0 Å². The second kappa shape index (κ2) is 3.78. The third-order valence-corrected chi connectivity index (χ3v) is 3.64. The van der Waals surface area contributed by atoms with E-state index in [-0.39, 0.29) is 0 Å². The number of thioether (sulfide) groups is 1. The van der Waals surface area contributed by atoms with Gasteiger partial charge in [0, 0.05) is 11.8 Å². The quantitative estimate of drug-likeness (QED) is 0.684. The first-order valence-corrected chi connectivity index (χ1v) is 5.43. The topological polar surface area (TPSA) is 21.3 Å². The number of hydrogen-bond acceptors (Lipinski definition) is 3. The van der Waals surface area contributed by atoms with Crippen LogP contribution in [-0.2, 0) is 4.74 Å². The van der Waals surface area contributed by atoms with E-state index in [1.54, 1.807) is 0 Å². The van der Waals surface area contributed by atoms with Crippen LogP contribution in [0, 0.1) is 0 Å². The number of hydrogen-bond donors (Lipinski definition) is 1. The molecule has 11 heavy (non-hydrogen) atoms. The lowest BCUT2D eigenvalue weighted by Crippen LogP contribution is -2.33. The second-order valence-corrected chi connectivity index (χ2v) is 4.62. The molecular weight excluding hydrogens is 158 g/mol. The molecule has 1 N–H and O–H groups in total. The minimum absolute atomic E-state index is 0.792. The van der Waals surface area contributed by atoms with E-state index in [1.807, 2.05) is 0 Å². The molecule has 0 saturated carbocycles. The Hall–Kier alpha value is 0.270. The molecule has 1 atom stereocenters. The van der Waals surface area contributed by atoms with Crippen molar-refractivity contribution in [2.45, 2.75) is 24.1 Å². The van der Waals surface area contributed by atoms with Crippen LogP contribution in [0.4, 0.5) is 0 Å². The summed E-state index contributed by atoms with van der Waals surface area (Å²) in [5.74, 6) is 1.29. The zero-order valence-corrected chi connectivity index (χ0v) is 7.53. The molecular formula is C8H15NOS. The number of nitrogens with one attached hydrogen (secondary N) is 1. The van der Waals surface area contributed by atoms with Gasteiger partial charge in [0.25, 0.3) is 0 Å². The van der Waals surface area contributed by atoms with E-state index >= 15 is 0 Å². The molecule has 0 unspecified atom stereocenters. The van der Waals surface area contributed by atoms with Crippen molar-refractivity contribution < 1.29 is 4.74 Å². The molecule has 2 aliphatic heterocycles. The minimum Gasteiger partial charge on any atom is -0.379 e. The van der Waals surface area contributed by atoms with Crippen LogP contribution in [0.2, 0.25) is 0 Å². The molecule has 0 amide bonds. The lowest BCUT2D eigenvalue weighted by molar-refractivity contribution is 0.0455. The fraction of sp³-hybridized carbons (Fsp3) is 1.00. The summed E-state index contributed by atoms with van der Waals surface area (Å²) in [5.41, 5.74) is 0. The largest absolute Gasteiger partial charge is 0.379 e. The van der Waals surface area contributed by atoms with Crippen molar-refractivity contribution in [1.82, 2.24) is 5.32 Å². The van der Waals surface area contributed by atoms with E-state index in [4.69, 9.17) is 4.74 Å². The van der Waals surface area contributed by atoms with Gasteiger partial charge in [-0.1, -0.05) is 0 Å². The van der Waals surface area contributed by atoms with Crippen LogP contribution in [0.5, 0.6) is 0 Å². The third-order valence-electron chi connectivity index (χ3n) is 2.30. The Morgan fingerprint density at radius 1 is 1.45 bits per heavy atom. The fourth-order valence-corrected chi connectivity index (χ4v) is 2.64. The molecule has 0 aromatic carbocycles. The van der Waals surface area contributed by atoms with E-state index in [2.05, 4.69) is 17.1 Å². The average molecular weight is 173 g/mol. The zero-order chi connectivity index (χ0) is 7.52. The number of ether oxygens (including phenoxy) is 1. The molecule has 0 radical (unpaired) electrons. The highest BCUT2D eigenvalue weighted by Crippen LogP contribution is 2.21. The van der Waals surface area contributed by atoms with Crippen molar-refractivity contribution in [2.75, 3.05) is 25.5 Å². The maximum atomic E-state index is 5.11. The van der Waals surface area contributed by atoms with Crippen LogP contribution in [0.3, 0.4) is 0 Å². The minimum atomic E-state index is 0.792. The SMILES string of the molecule is C1CN[C@H](CSC2COC2)C1. The highest BCUT2D eigenvalue weighted by molar-refractivity contribution is 8.00. The van der Waals surface area contributed by atoms with Gasteiger partial charge >= 0.3 is 0 Å². The van der Waals surface area contributed by atoms with E-state index < -0.39 is 0 Å². The molecule has 2 rings (SSSR count). The summed E-state index contributed by atoms with van der Waals surface area (Å²) < 4.78 is 5.11. The second-order valence-electron chi connectivity index (χ2n) is 3.29. The van der Waals surface area contributed by atoms with E-state index in [9.17, 15) is 0 Å². The van der Waals surface area contributed by atoms with Gasteiger partial charge in [-0.15, -0.1) is 0 Å². The van der Waals surface area contributed by atoms with E-state index in [1.165, 1.54) is 25.1 Å². The van der Waals surface area contributed by atoms with Crippen molar-refractivity contribution in [3.05, 3.63) is 0 Å². The predicted molar refractivity (Wildman–Crippen MR) is 48.1 cm³/mol. The Balaban J connectivity index is 1.57. The van der Waals surface area contributed by atoms with Crippen molar-refractivity contribution in [1.29, 1.82) is 0 Å². The molecule has 2 aliphatic rings. The Bertz CT molecular complexity index is 121. The highest BCUT2D eigenvalue weighted by atomic mass is 32.2. The fourth-order valence-electron chi connectivity index (χ4n) is 1.46. The molecule has 2 saturated heterocycles. The summed E-state index contributed by atoms with van der Waals surface area (Å²) >= 11 is 2.07. The first-order chi connectivity index (χ1) is 5.45. The molecule has 3 heteroatoms. The predicted octanol–water partition coefficient (Wildman–Crippen LogP) is 0.870. The Morgan fingerprint density at radius 3 is 2.91 bits per heavy atom. The van der Waals surface area contributed by atoms with Gasteiger partial charge < -0.3 is 10.1 Å². The summed E-state index contributed by atoms with van der Waals surface area (Å²) in [6.07, 6.45) is 2.74. The summed E-state index contributed by atoms with van der Waals surface area (Å²) in [5, 5.41) is 4.30. The third kappa shape index (κ3) is 2.10. The van der Waals surface area contributed by atoms with Gasteiger partial charge in [-0.25, -0.2) is 0 Å². The molecule has 2 heterocycles. The molecule has 2 nitrogen and oxygen atoms in total. The molecule has 0 spiro atoms. The van der Waals surface area contributed by atoms with Crippen LogP contribution < -0.4 is 5.32 Å². The van der Waals surface area contributed by atoms with Gasteiger partial charge in [0.2, 0.25) is 0 Å². The van der Waals surface area contributed by atoms with Crippen LogP contribution in [0.15, 0.2) is 0 Å². The first-order valence-electron chi connectivity index (χ1n) is 4.38. The highest BCUT2D eigenvalue weighted by Gasteiger charge is 2.21. The summed E-state index contributed by atoms with van der Waals surface area (Å²) in [4.78, 5) is 0. The molecule has 0 aromatic heterocycles. The Kier molecular flexibility index (Phi) is 2.72. The molecule has 0 aliphatic carbocycles. The van der Waals surface area contributed by atoms with Gasteiger partial charge in [-0.3, -0.25) is 0 Å². The maximum absolute atomic E-state index is 5.11. The maximum Gasteiger partial charge on any atom is 0.0607 e. The van der Waals surface area contributed by atoms with Crippen LogP contribution >= 0.6 is 11.8 Å². The van der Waals surface area contributed by atoms with Crippen molar-refractivity contribution >= 4 is 11.8 Å². The molecule has 0 aromatic rings. The van der Waals surface area contributed by atoms with Crippen molar-refractivity contribution in [3.63, 3.8) is 0 Å². The normalized spacial score (nSPS) is 32.2. The lowest BCUT2D eigenvalue weighted by atomic mass is 10.3. The number of rotatable bonds is 3. The van der Waals surface area contributed by atoms with Gasteiger partial charge in [-0.05, 0) is 19.4 Å². The lowest BCUT2D eigenvalue weighted by Gasteiger charge is -2.26. The van der Waals surface area contributed by atoms with Crippen molar-refractivity contribution in [3.8, 4) is 0 Å². The Labute approximate surface area is 72.1 Å². The summed E-state index contributed by atoms with van der Waals surface area (Å²) in [7, 11) is 0. The average Bonchev–Trinajstić information content (AvgIpc) is 2.36. The smallest absolute Gasteiger partial charge is 0.0607 e. The standard InChI is InChI=1S/C8H15NOS/c1-2-7(9-3-1)6-11-8-4-10-5-8/h7-9H,1-6H2/t7-/m0/s1. The summed E-state index contributed by atoms with van der Waals surface area (Å²) in [6, 6.07) is 0.792. The van der Waals surface area contributed by atoms with Crippen LogP contribution in [0.25, 0.3) is 0 Å². The first kappa shape index (κ1) is 7.90. The molecule has 2 fully saturated rings. The Morgan fingerprint density at radius 2 is 2.36 bits per heavy atom. The molecule has 64 valence electrons. The van der Waals surface area contributed by atoms with Crippen LogP contribution in [-0.4, -0.2) is 36.8 Å². The van der Waals surface area contributed by atoms with Gasteiger partial charge in [0.05, 0.1) is 18.5 Å². The van der Waals surface area contributed by atoms with Gasteiger partial charge in [0.15, 0.2) is 0 Å². The van der Waals surface area contributed by atoms with E-state index in [0.29, 0.717) is 0 Å². The van der Waals surface area contributed by atoms with E-state index in [0.717, 1.165) is 24.5 Å². The molecule has 0 bridgehead atoms.